The van der Waals surface area contributed by atoms with Crippen molar-refractivity contribution in [1.82, 2.24) is 4.90 Å². The number of nitrogens with zero attached hydrogens (tertiary/aromatic N) is 1. The van der Waals surface area contributed by atoms with Crippen LogP contribution in [0.1, 0.15) is 16.7 Å². The minimum atomic E-state index is -0.411. The summed E-state index contributed by atoms with van der Waals surface area (Å²) in [5.74, 6) is -0.295. The first kappa shape index (κ1) is 20.7. The van der Waals surface area contributed by atoms with Crippen LogP contribution in [-0.2, 0) is 16.1 Å². The Bertz CT molecular complexity index is 1190. The second-order valence-corrected chi connectivity index (χ2v) is 7.64. The molecule has 0 atom stereocenters. The maximum Gasteiger partial charge on any atom is 0.278 e. The van der Waals surface area contributed by atoms with Crippen molar-refractivity contribution < 1.29 is 14.3 Å². The molecule has 0 fully saturated rings. The highest BCUT2D eigenvalue weighted by Gasteiger charge is 2.40. The lowest BCUT2D eigenvalue weighted by Gasteiger charge is -2.16. The van der Waals surface area contributed by atoms with E-state index in [4.69, 9.17) is 16.3 Å². The number of nitrogens with one attached hydrogen (secondary N) is 1. The summed E-state index contributed by atoms with van der Waals surface area (Å²) in [5.41, 5.74) is 3.55. The van der Waals surface area contributed by atoms with Gasteiger partial charge in [-0.3, -0.25) is 14.5 Å². The molecule has 3 aromatic carbocycles. The van der Waals surface area contributed by atoms with E-state index in [0.29, 0.717) is 27.6 Å². The van der Waals surface area contributed by atoms with Crippen LogP contribution >= 0.6 is 11.6 Å². The van der Waals surface area contributed by atoms with Gasteiger partial charge in [0.15, 0.2) is 0 Å². The van der Waals surface area contributed by atoms with Crippen molar-refractivity contribution in [1.29, 1.82) is 0 Å². The average Bonchev–Trinajstić information content (AvgIpc) is 3.00. The van der Waals surface area contributed by atoms with Crippen molar-refractivity contribution in [2.75, 3.05) is 12.4 Å². The second kappa shape index (κ2) is 8.66. The maximum atomic E-state index is 13.5. The SMILES string of the molecule is COc1ccccc1C1=C(Nc2ccc(C)cc2)C(=O)N(Cc2ccccc2Cl)C1=O. The molecular weight excluding hydrogens is 412 g/mol. The summed E-state index contributed by atoms with van der Waals surface area (Å²) in [6.07, 6.45) is 0. The quantitative estimate of drug-likeness (QED) is 0.554. The summed E-state index contributed by atoms with van der Waals surface area (Å²) in [5, 5.41) is 3.66. The lowest BCUT2D eigenvalue weighted by Crippen LogP contribution is -2.32. The van der Waals surface area contributed by atoms with E-state index in [2.05, 4.69) is 5.32 Å². The first-order chi connectivity index (χ1) is 15.0. The second-order valence-electron chi connectivity index (χ2n) is 7.23. The molecule has 1 heterocycles. The monoisotopic (exact) mass is 432 g/mol. The van der Waals surface area contributed by atoms with Gasteiger partial charge in [0.25, 0.3) is 11.8 Å². The number of para-hydroxylation sites is 1. The molecule has 0 saturated heterocycles. The first-order valence-electron chi connectivity index (χ1n) is 9.80. The predicted molar refractivity (Wildman–Crippen MR) is 122 cm³/mol. The molecule has 6 heteroatoms. The predicted octanol–water partition coefficient (Wildman–Crippen LogP) is 5.05. The topological polar surface area (TPSA) is 58.6 Å². The third-order valence-electron chi connectivity index (χ3n) is 5.15. The number of halogens is 1. The molecule has 0 bridgehead atoms. The molecule has 5 nitrogen and oxygen atoms in total. The zero-order chi connectivity index (χ0) is 22.0. The number of anilines is 1. The van der Waals surface area contributed by atoms with E-state index in [1.54, 1.807) is 24.3 Å². The Morgan fingerprint density at radius 2 is 1.58 bits per heavy atom. The van der Waals surface area contributed by atoms with Gasteiger partial charge in [0.2, 0.25) is 0 Å². The molecule has 4 rings (SSSR count). The Morgan fingerprint density at radius 1 is 0.903 bits per heavy atom. The molecule has 1 aliphatic rings. The first-order valence-corrected chi connectivity index (χ1v) is 10.2. The van der Waals surface area contributed by atoms with Gasteiger partial charge in [0.05, 0.1) is 19.2 Å². The molecule has 2 amide bonds. The van der Waals surface area contributed by atoms with E-state index >= 15 is 0 Å². The third kappa shape index (κ3) is 4.05. The van der Waals surface area contributed by atoms with Crippen molar-refractivity contribution >= 4 is 34.7 Å². The zero-order valence-electron chi connectivity index (χ0n) is 17.2. The summed E-state index contributed by atoms with van der Waals surface area (Å²) in [4.78, 5) is 28.1. The van der Waals surface area contributed by atoms with Crippen molar-refractivity contribution in [3.05, 3.63) is 100 Å². The number of hydrogen-bond donors (Lipinski definition) is 1. The number of carbonyl (C=O) groups excluding carboxylic acids is 2. The fourth-order valence-electron chi connectivity index (χ4n) is 3.51. The molecule has 0 aromatic heterocycles. The molecule has 3 aromatic rings. The number of carbonyl (C=O) groups is 2. The standard InChI is InChI=1S/C25H21ClN2O3/c1-16-11-13-18(14-12-16)27-23-22(19-8-4-6-10-21(19)31-2)24(29)28(25(23)30)15-17-7-3-5-9-20(17)26/h3-14,27H,15H2,1-2H3. The Labute approximate surface area is 185 Å². The van der Waals surface area contributed by atoms with Crippen LogP contribution in [0.15, 0.2) is 78.5 Å². The van der Waals surface area contributed by atoms with Gasteiger partial charge >= 0.3 is 0 Å². The van der Waals surface area contributed by atoms with E-state index in [9.17, 15) is 9.59 Å². The van der Waals surface area contributed by atoms with Crippen LogP contribution in [0.3, 0.4) is 0 Å². The highest BCUT2D eigenvalue weighted by Crippen LogP contribution is 2.36. The zero-order valence-corrected chi connectivity index (χ0v) is 17.9. The highest BCUT2D eigenvalue weighted by atomic mass is 35.5. The van der Waals surface area contributed by atoms with Crippen LogP contribution in [0.2, 0.25) is 5.02 Å². The lowest BCUT2D eigenvalue weighted by molar-refractivity contribution is -0.137. The molecule has 0 spiro atoms. The number of ether oxygens (including phenoxy) is 1. The van der Waals surface area contributed by atoms with Gasteiger partial charge in [0, 0.05) is 16.3 Å². The molecule has 1 aliphatic heterocycles. The summed E-state index contributed by atoms with van der Waals surface area (Å²) in [6.45, 7) is 2.06. The van der Waals surface area contributed by atoms with E-state index in [1.165, 1.54) is 12.0 Å². The van der Waals surface area contributed by atoms with E-state index in [1.807, 2.05) is 55.5 Å². The molecule has 0 saturated carbocycles. The number of rotatable bonds is 6. The van der Waals surface area contributed by atoms with Gasteiger partial charge in [-0.25, -0.2) is 0 Å². The Kier molecular flexibility index (Phi) is 5.78. The Morgan fingerprint density at radius 3 is 2.29 bits per heavy atom. The summed E-state index contributed by atoms with van der Waals surface area (Å²) < 4.78 is 5.46. The lowest BCUT2D eigenvalue weighted by atomic mass is 10.0. The van der Waals surface area contributed by atoms with Gasteiger partial charge in [-0.05, 0) is 36.8 Å². The van der Waals surface area contributed by atoms with Gasteiger partial charge in [-0.2, -0.15) is 0 Å². The largest absolute Gasteiger partial charge is 0.496 e. The smallest absolute Gasteiger partial charge is 0.278 e. The molecule has 0 aliphatic carbocycles. The van der Waals surface area contributed by atoms with Crippen LogP contribution < -0.4 is 10.1 Å². The molecular formula is C25H21ClN2O3. The normalized spacial score (nSPS) is 13.7. The number of hydrogen-bond acceptors (Lipinski definition) is 4. The van der Waals surface area contributed by atoms with E-state index in [0.717, 1.165) is 5.56 Å². The van der Waals surface area contributed by atoms with Crippen LogP contribution in [-0.4, -0.2) is 23.8 Å². The number of benzene rings is 3. The van der Waals surface area contributed by atoms with Gasteiger partial charge in [0.1, 0.15) is 11.4 Å². The maximum absolute atomic E-state index is 13.5. The van der Waals surface area contributed by atoms with Crippen molar-refractivity contribution in [3.63, 3.8) is 0 Å². The van der Waals surface area contributed by atoms with Crippen LogP contribution in [0.5, 0.6) is 5.75 Å². The Balaban J connectivity index is 1.79. The average molecular weight is 433 g/mol. The molecule has 0 radical (unpaired) electrons. The number of aryl methyl sites for hydroxylation is 1. The summed E-state index contributed by atoms with van der Waals surface area (Å²) in [6, 6.07) is 22.0. The number of imide groups is 1. The van der Waals surface area contributed by atoms with Crippen LogP contribution in [0, 0.1) is 6.92 Å². The number of methoxy groups -OCH3 is 1. The van der Waals surface area contributed by atoms with Crippen molar-refractivity contribution in [3.8, 4) is 5.75 Å². The minimum Gasteiger partial charge on any atom is -0.496 e. The summed E-state index contributed by atoms with van der Waals surface area (Å²) >= 11 is 6.28. The molecule has 0 unspecified atom stereocenters. The van der Waals surface area contributed by atoms with Crippen molar-refractivity contribution in [2.24, 2.45) is 0 Å². The highest BCUT2D eigenvalue weighted by molar-refractivity contribution is 6.37. The molecule has 1 N–H and O–H groups in total. The van der Waals surface area contributed by atoms with Crippen molar-refractivity contribution in [2.45, 2.75) is 13.5 Å². The Hall–Kier alpha value is -3.57. The van der Waals surface area contributed by atoms with E-state index < -0.39 is 11.8 Å². The molecule has 156 valence electrons. The fourth-order valence-corrected chi connectivity index (χ4v) is 3.71. The van der Waals surface area contributed by atoms with Gasteiger partial charge in [-0.15, -0.1) is 0 Å². The fraction of sp³-hybridized carbons (Fsp3) is 0.120. The van der Waals surface area contributed by atoms with Gasteiger partial charge in [-0.1, -0.05) is 65.7 Å². The third-order valence-corrected chi connectivity index (χ3v) is 5.52. The van der Waals surface area contributed by atoms with Crippen LogP contribution in [0.4, 0.5) is 5.69 Å². The van der Waals surface area contributed by atoms with E-state index in [-0.39, 0.29) is 17.8 Å². The number of amides is 2. The summed E-state index contributed by atoms with van der Waals surface area (Å²) in [7, 11) is 1.54. The molecule has 31 heavy (non-hydrogen) atoms. The minimum absolute atomic E-state index is 0.0784. The van der Waals surface area contributed by atoms with Crippen LogP contribution in [0.25, 0.3) is 5.57 Å². The van der Waals surface area contributed by atoms with Gasteiger partial charge < -0.3 is 10.1 Å².